The molecule has 4 rings (SSSR count). The fourth-order valence-electron chi connectivity index (χ4n) is 3.25. The molecule has 142 valence electrons. The van der Waals surface area contributed by atoms with Crippen LogP contribution in [0.5, 0.6) is 5.88 Å². The molecule has 1 atom stereocenters. The average molecular weight is 376 g/mol. The van der Waals surface area contributed by atoms with E-state index in [1.54, 1.807) is 6.07 Å². The number of benzene rings is 1. The van der Waals surface area contributed by atoms with Gasteiger partial charge in [0, 0.05) is 18.9 Å². The van der Waals surface area contributed by atoms with Crippen molar-refractivity contribution >= 4 is 11.9 Å². The molecule has 2 aromatic rings. The molecule has 5 N–H and O–H groups in total. The van der Waals surface area contributed by atoms with Crippen molar-refractivity contribution in [2.24, 2.45) is 10.9 Å². The largest absolute Gasteiger partial charge is 0.470 e. The standard InChI is InChI=1S/C16H17FN6O4/c17-8-2-1-7-3-12(11(7)4-8)20-14(21-25)13-15(23-27-22-13)26-10-5-9(6-10)19-16(18)24/h1-2,4,9-10,12,25H,3,5-6H2,(H,20,21)(H3,18,19,24)/t9-,10+,12-/m0/s1. The van der Waals surface area contributed by atoms with Crippen molar-refractivity contribution < 1.29 is 23.8 Å². The van der Waals surface area contributed by atoms with Gasteiger partial charge in [-0.3, -0.25) is 0 Å². The van der Waals surface area contributed by atoms with Gasteiger partial charge in [-0.25, -0.2) is 13.8 Å². The molecule has 1 aromatic carbocycles. The SMILES string of the molecule is NC(=O)N[C@H]1C[C@@H](Oc2nonc2/C(=N\O)N[C@H]2Cc3ccc(F)cc32)C1. The Bertz CT molecular complexity index is 895. The van der Waals surface area contributed by atoms with Crippen LogP contribution in [0.1, 0.15) is 35.7 Å². The number of amides is 2. The van der Waals surface area contributed by atoms with Crippen molar-refractivity contribution in [1.29, 1.82) is 0 Å². The third-order valence-electron chi connectivity index (χ3n) is 4.72. The van der Waals surface area contributed by atoms with Gasteiger partial charge in [-0.05, 0) is 40.0 Å². The Morgan fingerprint density at radius 3 is 2.93 bits per heavy atom. The van der Waals surface area contributed by atoms with Gasteiger partial charge in [0.2, 0.25) is 11.5 Å². The third-order valence-corrected chi connectivity index (χ3v) is 4.72. The van der Waals surface area contributed by atoms with Crippen LogP contribution < -0.4 is 21.1 Å². The first kappa shape index (κ1) is 17.1. The van der Waals surface area contributed by atoms with E-state index in [2.05, 4.69) is 26.1 Å². The number of oxime groups is 1. The molecule has 0 unspecified atom stereocenters. The zero-order valence-corrected chi connectivity index (χ0v) is 14.1. The van der Waals surface area contributed by atoms with Crippen LogP contribution in [0.15, 0.2) is 28.0 Å². The van der Waals surface area contributed by atoms with Crippen molar-refractivity contribution in [3.05, 3.63) is 40.8 Å². The normalized spacial score (nSPS) is 23.6. The summed E-state index contributed by atoms with van der Waals surface area (Å²) in [7, 11) is 0. The van der Waals surface area contributed by atoms with E-state index in [1.807, 2.05) is 0 Å². The monoisotopic (exact) mass is 376 g/mol. The summed E-state index contributed by atoms with van der Waals surface area (Å²) in [6, 6.07) is 3.70. The maximum absolute atomic E-state index is 13.4. The summed E-state index contributed by atoms with van der Waals surface area (Å²) in [5.41, 5.74) is 6.98. The maximum atomic E-state index is 13.4. The number of nitrogens with zero attached hydrogens (tertiary/aromatic N) is 3. The number of ether oxygens (including phenoxy) is 1. The highest BCUT2D eigenvalue weighted by Gasteiger charge is 2.35. The minimum atomic E-state index is -0.585. The fourth-order valence-corrected chi connectivity index (χ4v) is 3.25. The smallest absolute Gasteiger partial charge is 0.312 e. The Labute approximate surface area is 152 Å². The second-order valence-corrected chi connectivity index (χ2v) is 6.53. The first-order valence-corrected chi connectivity index (χ1v) is 8.36. The maximum Gasteiger partial charge on any atom is 0.312 e. The van der Waals surface area contributed by atoms with Crippen LogP contribution in [0.2, 0.25) is 0 Å². The number of amidine groups is 1. The summed E-state index contributed by atoms with van der Waals surface area (Å²) in [6.45, 7) is 0. The van der Waals surface area contributed by atoms with Crippen molar-refractivity contribution in [3.8, 4) is 5.88 Å². The van der Waals surface area contributed by atoms with Gasteiger partial charge < -0.3 is 26.3 Å². The summed E-state index contributed by atoms with van der Waals surface area (Å²) >= 11 is 0. The molecule has 11 heteroatoms. The summed E-state index contributed by atoms with van der Waals surface area (Å²) in [5.74, 6) is -0.257. The fraction of sp³-hybridized carbons (Fsp3) is 0.375. The van der Waals surface area contributed by atoms with Gasteiger partial charge in [0.1, 0.15) is 11.9 Å². The van der Waals surface area contributed by atoms with E-state index < -0.39 is 6.03 Å². The van der Waals surface area contributed by atoms with Gasteiger partial charge in [0.05, 0.1) is 6.04 Å². The van der Waals surface area contributed by atoms with Crippen molar-refractivity contribution in [3.63, 3.8) is 0 Å². The average Bonchev–Trinajstić information content (AvgIpc) is 3.04. The van der Waals surface area contributed by atoms with Crippen LogP contribution in [-0.4, -0.2) is 39.5 Å². The summed E-state index contributed by atoms with van der Waals surface area (Å²) in [6.07, 6.45) is 1.57. The first-order chi connectivity index (χ1) is 13.0. The van der Waals surface area contributed by atoms with Crippen molar-refractivity contribution in [1.82, 2.24) is 20.9 Å². The van der Waals surface area contributed by atoms with Crippen LogP contribution in [0.25, 0.3) is 0 Å². The molecule has 1 fully saturated rings. The van der Waals surface area contributed by atoms with Gasteiger partial charge in [-0.15, -0.1) is 0 Å². The zero-order chi connectivity index (χ0) is 19.0. The molecule has 0 aliphatic heterocycles. The molecule has 0 bridgehead atoms. The number of urea groups is 1. The predicted molar refractivity (Wildman–Crippen MR) is 88.8 cm³/mol. The molecule has 2 aliphatic carbocycles. The highest BCUT2D eigenvalue weighted by molar-refractivity contribution is 5.98. The molecule has 0 spiro atoms. The number of nitrogens with two attached hydrogens (primary N) is 1. The Morgan fingerprint density at radius 1 is 1.37 bits per heavy atom. The number of primary amides is 1. The molecular formula is C16H17FN6O4. The van der Waals surface area contributed by atoms with Gasteiger partial charge in [0.15, 0.2) is 0 Å². The Hall–Kier alpha value is -3.37. The van der Waals surface area contributed by atoms with E-state index in [0.29, 0.717) is 19.3 Å². The molecular weight excluding hydrogens is 359 g/mol. The van der Waals surface area contributed by atoms with Gasteiger partial charge in [-0.1, -0.05) is 11.2 Å². The molecule has 0 radical (unpaired) electrons. The molecule has 27 heavy (non-hydrogen) atoms. The highest BCUT2D eigenvalue weighted by Crippen LogP contribution is 2.34. The topological polar surface area (TPSA) is 148 Å². The molecule has 2 aliphatic rings. The number of hydrogen-bond acceptors (Lipinski definition) is 7. The minimum Gasteiger partial charge on any atom is -0.470 e. The highest BCUT2D eigenvalue weighted by atomic mass is 19.1. The second kappa shape index (κ2) is 6.74. The first-order valence-electron chi connectivity index (χ1n) is 8.36. The van der Waals surface area contributed by atoms with E-state index in [-0.39, 0.29) is 41.4 Å². The number of rotatable bonds is 5. The molecule has 1 aromatic heterocycles. The molecule has 1 saturated carbocycles. The van der Waals surface area contributed by atoms with Gasteiger partial charge >= 0.3 is 6.03 Å². The summed E-state index contributed by atoms with van der Waals surface area (Å²) in [4.78, 5) is 10.8. The van der Waals surface area contributed by atoms with E-state index in [9.17, 15) is 14.4 Å². The van der Waals surface area contributed by atoms with E-state index in [4.69, 9.17) is 15.1 Å². The molecule has 10 nitrogen and oxygen atoms in total. The van der Waals surface area contributed by atoms with Crippen LogP contribution in [0.4, 0.5) is 9.18 Å². The number of aromatic nitrogens is 2. The molecule has 0 saturated heterocycles. The van der Waals surface area contributed by atoms with E-state index >= 15 is 0 Å². The van der Waals surface area contributed by atoms with Gasteiger partial charge in [0.25, 0.3) is 5.88 Å². The van der Waals surface area contributed by atoms with Crippen molar-refractivity contribution in [2.45, 2.75) is 37.5 Å². The lowest BCUT2D eigenvalue weighted by Crippen LogP contribution is -2.50. The second-order valence-electron chi connectivity index (χ2n) is 6.53. The summed E-state index contributed by atoms with van der Waals surface area (Å²) < 4.78 is 23.8. The lowest BCUT2D eigenvalue weighted by Gasteiger charge is -2.34. The third kappa shape index (κ3) is 3.35. The van der Waals surface area contributed by atoms with Crippen LogP contribution in [0.3, 0.4) is 0 Å². The lowest BCUT2D eigenvalue weighted by atomic mass is 9.83. The Morgan fingerprint density at radius 2 is 2.19 bits per heavy atom. The predicted octanol–water partition coefficient (Wildman–Crippen LogP) is 0.810. The number of nitrogens with one attached hydrogen (secondary N) is 2. The minimum absolute atomic E-state index is 0.0114. The molecule has 2 amide bonds. The number of fused-ring (bicyclic) bond motifs is 1. The number of carbonyl (C=O) groups excluding carboxylic acids is 1. The van der Waals surface area contributed by atoms with Gasteiger partial charge in [-0.2, -0.15) is 0 Å². The number of hydrogen-bond donors (Lipinski definition) is 4. The quantitative estimate of drug-likeness (QED) is 0.261. The Balaban J connectivity index is 1.40. The number of halogens is 1. The van der Waals surface area contributed by atoms with Crippen LogP contribution >= 0.6 is 0 Å². The zero-order valence-electron chi connectivity index (χ0n) is 14.1. The van der Waals surface area contributed by atoms with Crippen molar-refractivity contribution in [2.75, 3.05) is 0 Å². The lowest BCUT2D eigenvalue weighted by molar-refractivity contribution is 0.0801. The summed E-state index contributed by atoms with van der Waals surface area (Å²) in [5, 5.41) is 25.6. The van der Waals surface area contributed by atoms with E-state index in [1.165, 1.54) is 12.1 Å². The van der Waals surface area contributed by atoms with E-state index in [0.717, 1.165) is 11.1 Å². The molecule has 1 heterocycles. The van der Waals surface area contributed by atoms with Crippen LogP contribution in [-0.2, 0) is 6.42 Å². The van der Waals surface area contributed by atoms with Crippen LogP contribution in [0, 0.1) is 5.82 Å². The number of carbonyl (C=O) groups is 1. The Kier molecular flexibility index (Phi) is 4.26.